The van der Waals surface area contributed by atoms with Gasteiger partial charge >= 0.3 is 23.7 Å². The van der Waals surface area contributed by atoms with E-state index in [1.165, 1.54) is 0 Å². The van der Waals surface area contributed by atoms with Crippen LogP contribution in [0.2, 0.25) is 10.0 Å². The van der Waals surface area contributed by atoms with Gasteiger partial charge in [0, 0.05) is 12.3 Å². The molecule has 8 nitrogen and oxygen atoms in total. The topological polar surface area (TPSA) is 116 Å². The van der Waals surface area contributed by atoms with E-state index in [1.54, 1.807) is 0 Å². The van der Waals surface area contributed by atoms with Gasteiger partial charge in [-0.05, 0) is 6.07 Å². The number of nitrogens with two attached hydrogens (primary N) is 1. The molecule has 0 unspecified atom stereocenters. The van der Waals surface area contributed by atoms with Crippen molar-refractivity contribution in [3.05, 3.63) is 59.7 Å². The van der Waals surface area contributed by atoms with Crippen molar-refractivity contribution in [1.29, 1.82) is 0 Å². The lowest BCUT2D eigenvalue weighted by Gasteiger charge is -2.11. The van der Waals surface area contributed by atoms with Crippen LogP contribution in [0, 0.1) is 20.2 Å². The van der Waals surface area contributed by atoms with Crippen molar-refractivity contribution < 1.29 is 41.5 Å². The number of nitrogens with zero attached hydrogens (tertiary/aromatic N) is 3. The zero-order chi connectivity index (χ0) is 22.3. The second-order valence-corrected chi connectivity index (χ2v) is 6.05. The molecule has 0 aliphatic rings. The van der Waals surface area contributed by atoms with Crippen molar-refractivity contribution >= 4 is 46.1 Å². The number of aromatic nitrogens is 1. The average molecular weight is 466 g/mol. The first-order valence-corrected chi connectivity index (χ1v) is 7.70. The van der Waals surface area contributed by atoms with Crippen LogP contribution in [0.5, 0.6) is 0 Å². The lowest BCUT2D eigenvalue weighted by Crippen LogP contribution is -2.72. The molecule has 0 bridgehead atoms. The third-order valence-corrected chi connectivity index (χ3v) is 4.10. The Hall–Kier alpha value is -2.71. The molecule has 1 aromatic carbocycles. The third kappa shape index (κ3) is 4.65. The van der Waals surface area contributed by atoms with Gasteiger partial charge in [-0.2, -0.15) is 26.3 Å². The minimum Gasteiger partial charge on any atom is -0.258 e. The van der Waals surface area contributed by atoms with Gasteiger partial charge in [-0.15, -0.1) is 0 Å². The van der Waals surface area contributed by atoms with E-state index in [2.05, 4.69) is 4.98 Å². The smallest absolute Gasteiger partial charge is 0.258 e. The standard InChI is InChI=1S/C13H4Cl2F6N4O4/c14-6-1-4(12(16,17)18)3-22-11(6)23-9-7(24(26)27)2-5(13(19,20)21)8(15)10(9)25(28)29/h1-3H,(H,22,23)/p+1. The lowest BCUT2D eigenvalue weighted by atomic mass is 10.1. The predicted molar refractivity (Wildman–Crippen MR) is 85.3 cm³/mol. The first-order chi connectivity index (χ1) is 13.1. The van der Waals surface area contributed by atoms with Crippen LogP contribution < -0.4 is 5.32 Å². The lowest BCUT2D eigenvalue weighted by molar-refractivity contribution is -0.505. The molecule has 0 spiro atoms. The summed E-state index contributed by atoms with van der Waals surface area (Å²) in [7, 11) is 0. The summed E-state index contributed by atoms with van der Waals surface area (Å²) >= 11 is 11.1. The van der Waals surface area contributed by atoms with E-state index in [0.717, 1.165) is 0 Å². The second kappa shape index (κ2) is 7.61. The number of pyridine rings is 1. The van der Waals surface area contributed by atoms with E-state index in [1.807, 2.05) is 0 Å². The zero-order valence-electron chi connectivity index (χ0n) is 13.3. The Balaban J connectivity index is 2.74. The van der Waals surface area contributed by atoms with Crippen molar-refractivity contribution in [2.24, 2.45) is 0 Å². The van der Waals surface area contributed by atoms with Crippen LogP contribution in [0.25, 0.3) is 0 Å². The van der Waals surface area contributed by atoms with Crippen LogP contribution in [0.4, 0.5) is 49.2 Å². The molecule has 2 aromatic rings. The number of hydrogen-bond acceptors (Lipinski definition) is 5. The fraction of sp³-hybridized carbons (Fsp3) is 0.154. The number of hydrogen-bond donors (Lipinski definition) is 1. The Morgan fingerprint density at radius 2 is 1.55 bits per heavy atom. The number of nitro groups is 2. The largest absolute Gasteiger partial charge is 0.418 e. The summed E-state index contributed by atoms with van der Waals surface area (Å²) in [5, 5.41) is 20.8. The highest BCUT2D eigenvalue weighted by molar-refractivity contribution is 6.34. The van der Waals surface area contributed by atoms with Gasteiger partial charge in [0.05, 0.1) is 21.0 Å². The molecule has 0 saturated carbocycles. The molecule has 2 N–H and O–H groups in total. The Morgan fingerprint density at radius 3 is 1.97 bits per heavy atom. The molecule has 1 aromatic heterocycles. The molecule has 0 fully saturated rings. The van der Waals surface area contributed by atoms with Gasteiger partial charge in [0.1, 0.15) is 10.0 Å². The minimum absolute atomic E-state index is 0.0286. The van der Waals surface area contributed by atoms with E-state index < -0.39 is 66.3 Å². The van der Waals surface area contributed by atoms with Crippen molar-refractivity contribution in [2.45, 2.75) is 12.4 Å². The Morgan fingerprint density at radius 1 is 0.966 bits per heavy atom. The first kappa shape index (κ1) is 22.6. The number of alkyl halides is 6. The molecule has 0 atom stereocenters. The van der Waals surface area contributed by atoms with Crippen LogP contribution in [-0.2, 0) is 12.4 Å². The molecular weight excluding hydrogens is 461 g/mol. The number of benzene rings is 1. The summed E-state index contributed by atoms with van der Waals surface area (Å²) in [4.78, 5) is 23.0. The maximum absolute atomic E-state index is 13.0. The Bertz CT molecular complexity index is 1010. The summed E-state index contributed by atoms with van der Waals surface area (Å²) in [5.74, 6) is -0.596. The Kier molecular flexibility index (Phi) is 5.92. The van der Waals surface area contributed by atoms with Gasteiger partial charge in [0.25, 0.3) is 5.69 Å². The van der Waals surface area contributed by atoms with E-state index in [4.69, 9.17) is 23.2 Å². The molecule has 0 aliphatic heterocycles. The van der Waals surface area contributed by atoms with Gasteiger partial charge in [0.15, 0.2) is 0 Å². The molecule has 2 rings (SSSR count). The van der Waals surface area contributed by atoms with Gasteiger partial charge in [-0.3, -0.25) is 25.5 Å². The molecule has 29 heavy (non-hydrogen) atoms. The monoisotopic (exact) mass is 465 g/mol. The number of rotatable bonds is 4. The van der Waals surface area contributed by atoms with Crippen molar-refractivity contribution in [2.75, 3.05) is 0 Å². The minimum atomic E-state index is -5.25. The highest BCUT2D eigenvalue weighted by atomic mass is 35.5. The summed E-state index contributed by atoms with van der Waals surface area (Å²) in [6.07, 6.45) is -9.79. The maximum Gasteiger partial charge on any atom is 0.418 e. The second-order valence-electron chi connectivity index (χ2n) is 5.26. The van der Waals surface area contributed by atoms with Crippen molar-refractivity contribution in [3.63, 3.8) is 0 Å². The molecule has 16 heteroatoms. The summed E-state index contributed by atoms with van der Waals surface area (Å²) < 4.78 is 77.1. The van der Waals surface area contributed by atoms with Crippen LogP contribution in [0.15, 0.2) is 18.3 Å². The van der Waals surface area contributed by atoms with Gasteiger partial charge in [-0.1, -0.05) is 23.2 Å². The first-order valence-electron chi connectivity index (χ1n) is 6.94. The van der Waals surface area contributed by atoms with Crippen molar-refractivity contribution in [1.82, 2.24) is 4.98 Å². The molecule has 0 aliphatic carbocycles. The van der Waals surface area contributed by atoms with Gasteiger partial charge in [-0.25, -0.2) is 4.98 Å². The molecular formula is C13H5Cl2F6N4O4+. The highest BCUT2D eigenvalue weighted by Gasteiger charge is 2.44. The van der Waals surface area contributed by atoms with Crippen LogP contribution >= 0.6 is 23.2 Å². The number of nitro benzene ring substituents is 2. The molecule has 156 valence electrons. The van der Waals surface area contributed by atoms with E-state index in [0.29, 0.717) is 17.6 Å². The number of halogens is 8. The van der Waals surface area contributed by atoms with Crippen molar-refractivity contribution in [3.8, 4) is 0 Å². The Labute approximate surface area is 165 Å². The zero-order valence-corrected chi connectivity index (χ0v) is 14.8. The van der Waals surface area contributed by atoms with Crippen LogP contribution in [-0.4, -0.2) is 14.8 Å². The molecule has 0 radical (unpaired) electrons. The SMILES string of the molecule is O=[N+]([O-])c1cc(C(F)(F)F)c(Cl)c([N+](=O)[O-])c1[NH2+]c1ncc(C(F)(F)F)cc1Cl. The van der Waals surface area contributed by atoms with E-state index in [-0.39, 0.29) is 6.07 Å². The van der Waals surface area contributed by atoms with Gasteiger partial charge in [0.2, 0.25) is 5.82 Å². The fourth-order valence-corrected chi connectivity index (χ4v) is 2.72. The average Bonchev–Trinajstić information content (AvgIpc) is 2.53. The van der Waals surface area contributed by atoms with E-state index >= 15 is 0 Å². The fourth-order valence-electron chi connectivity index (χ4n) is 2.17. The van der Waals surface area contributed by atoms with Crippen LogP contribution in [0.1, 0.15) is 11.1 Å². The molecule has 0 amide bonds. The summed E-state index contributed by atoms with van der Waals surface area (Å²) in [6, 6.07) is 0.364. The van der Waals surface area contributed by atoms with Crippen LogP contribution in [0.3, 0.4) is 0 Å². The predicted octanol–water partition coefficient (Wildman–Crippen LogP) is 4.77. The molecule has 0 saturated heterocycles. The summed E-state index contributed by atoms with van der Waals surface area (Å²) in [5.41, 5.74) is -6.99. The maximum atomic E-state index is 13.0. The molecule has 1 heterocycles. The van der Waals surface area contributed by atoms with Gasteiger partial charge < -0.3 is 0 Å². The summed E-state index contributed by atoms with van der Waals surface area (Å²) in [6.45, 7) is 0. The normalized spacial score (nSPS) is 12.1. The highest BCUT2D eigenvalue weighted by Crippen LogP contribution is 2.46. The third-order valence-electron chi connectivity index (χ3n) is 3.42. The number of quaternary nitrogens is 1. The van der Waals surface area contributed by atoms with E-state index in [9.17, 15) is 46.6 Å². The quantitative estimate of drug-likeness (QED) is 0.302.